The lowest BCUT2D eigenvalue weighted by molar-refractivity contribution is 0.300. The van der Waals surface area contributed by atoms with Crippen LogP contribution in [0.2, 0.25) is 0 Å². The molecule has 0 saturated heterocycles. The molecule has 3 heteroatoms. The largest absolute Gasteiger partial charge is 0.493 e. The van der Waals surface area contributed by atoms with Gasteiger partial charge in [-0.05, 0) is 38.3 Å². The van der Waals surface area contributed by atoms with Crippen molar-refractivity contribution in [3.63, 3.8) is 0 Å². The summed E-state index contributed by atoms with van der Waals surface area (Å²) in [5.74, 6) is 1.31. The van der Waals surface area contributed by atoms with Gasteiger partial charge in [-0.3, -0.25) is 0 Å². The molecule has 0 aliphatic heterocycles. The molecular formula is C16H24FNO. The molecule has 1 aliphatic carbocycles. The Kier molecular flexibility index (Phi) is 5.20. The zero-order valence-corrected chi connectivity index (χ0v) is 11.9. The highest BCUT2D eigenvalue weighted by Crippen LogP contribution is 2.32. The fourth-order valence-electron chi connectivity index (χ4n) is 2.17. The summed E-state index contributed by atoms with van der Waals surface area (Å²) in [5, 5.41) is 3.29. The van der Waals surface area contributed by atoms with Gasteiger partial charge in [0, 0.05) is 17.7 Å². The molecule has 1 aliphatic rings. The molecule has 1 fully saturated rings. The molecule has 0 spiro atoms. The van der Waals surface area contributed by atoms with Crippen LogP contribution in [0.5, 0.6) is 5.75 Å². The summed E-state index contributed by atoms with van der Waals surface area (Å²) in [6.07, 6.45) is 4.81. The first-order chi connectivity index (χ1) is 9.20. The maximum Gasteiger partial charge on any atom is 0.131 e. The molecule has 106 valence electrons. The third kappa shape index (κ3) is 4.50. The van der Waals surface area contributed by atoms with Crippen molar-refractivity contribution >= 4 is 0 Å². The molecule has 0 aromatic heterocycles. The Bertz CT molecular complexity index is 404. The van der Waals surface area contributed by atoms with Crippen LogP contribution >= 0.6 is 0 Å². The van der Waals surface area contributed by atoms with E-state index in [0.717, 1.165) is 25.3 Å². The van der Waals surface area contributed by atoms with Crippen molar-refractivity contribution in [2.45, 2.75) is 45.6 Å². The normalized spacial score (nSPS) is 16.4. The molecule has 1 aromatic carbocycles. The van der Waals surface area contributed by atoms with E-state index >= 15 is 0 Å². The zero-order chi connectivity index (χ0) is 13.7. The molecule has 1 atom stereocenters. The second-order valence-corrected chi connectivity index (χ2v) is 5.44. The Morgan fingerprint density at radius 1 is 1.42 bits per heavy atom. The van der Waals surface area contributed by atoms with Crippen molar-refractivity contribution in [2.24, 2.45) is 5.92 Å². The highest BCUT2D eigenvalue weighted by molar-refractivity contribution is 5.30. The van der Waals surface area contributed by atoms with Crippen LogP contribution in [0, 0.1) is 11.7 Å². The molecule has 0 radical (unpaired) electrons. The van der Waals surface area contributed by atoms with Gasteiger partial charge < -0.3 is 10.1 Å². The van der Waals surface area contributed by atoms with Crippen LogP contribution in [0.4, 0.5) is 4.39 Å². The first kappa shape index (κ1) is 14.3. The summed E-state index contributed by atoms with van der Waals surface area (Å²) in [5.41, 5.74) is 0.711. The summed E-state index contributed by atoms with van der Waals surface area (Å²) in [6, 6.07) is 5.25. The molecular weight excluding hydrogens is 241 g/mol. The molecule has 1 saturated carbocycles. The smallest absolute Gasteiger partial charge is 0.131 e. The Morgan fingerprint density at radius 2 is 2.21 bits per heavy atom. The third-order valence-corrected chi connectivity index (χ3v) is 3.63. The number of nitrogens with one attached hydrogen (secondary N) is 1. The van der Waals surface area contributed by atoms with E-state index in [1.165, 1.54) is 18.9 Å². The van der Waals surface area contributed by atoms with Crippen LogP contribution in [0.3, 0.4) is 0 Å². The van der Waals surface area contributed by atoms with E-state index in [4.69, 9.17) is 4.74 Å². The number of hydrogen-bond acceptors (Lipinski definition) is 2. The van der Waals surface area contributed by atoms with Gasteiger partial charge in [-0.15, -0.1) is 0 Å². The average Bonchev–Trinajstić information content (AvgIpc) is 3.20. The molecule has 2 rings (SSSR count). The third-order valence-electron chi connectivity index (χ3n) is 3.63. The fourth-order valence-corrected chi connectivity index (χ4v) is 2.17. The highest BCUT2D eigenvalue weighted by Gasteiger charge is 2.20. The molecule has 0 bridgehead atoms. The summed E-state index contributed by atoms with van der Waals surface area (Å²) < 4.78 is 19.6. The summed E-state index contributed by atoms with van der Waals surface area (Å²) in [4.78, 5) is 0. The zero-order valence-electron chi connectivity index (χ0n) is 11.9. The maximum atomic E-state index is 14.0. The number of rotatable bonds is 8. The second-order valence-electron chi connectivity index (χ2n) is 5.44. The van der Waals surface area contributed by atoms with Gasteiger partial charge in [0.25, 0.3) is 0 Å². The van der Waals surface area contributed by atoms with Gasteiger partial charge in [0.1, 0.15) is 11.6 Å². The van der Waals surface area contributed by atoms with E-state index in [9.17, 15) is 4.39 Å². The summed E-state index contributed by atoms with van der Waals surface area (Å²) in [7, 11) is 0. The van der Waals surface area contributed by atoms with Gasteiger partial charge in [-0.25, -0.2) is 4.39 Å². The lowest BCUT2D eigenvalue weighted by Crippen LogP contribution is -2.20. The van der Waals surface area contributed by atoms with Crippen LogP contribution in [0.1, 0.15) is 51.1 Å². The van der Waals surface area contributed by atoms with Gasteiger partial charge in [-0.2, -0.15) is 0 Å². The Morgan fingerprint density at radius 3 is 2.84 bits per heavy atom. The van der Waals surface area contributed by atoms with Gasteiger partial charge >= 0.3 is 0 Å². The van der Waals surface area contributed by atoms with Crippen LogP contribution in [0.25, 0.3) is 0 Å². The summed E-state index contributed by atoms with van der Waals surface area (Å²) in [6.45, 7) is 5.70. The van der Waals surface area contributed by atoms with Crippen LogP contribution in [0.15, 0.2) is 18.2 Å². The predicted molar refractivity (Wildman–Crippen MR) is 75.9 cm³/mol. The Balaban J connectivity index is 1.87. The number of ether oxygens (including phenoxy) is 1. The Hall–Kier alpha value is -1.09. The fraction of sp³-hybridized carbons (Fsp3) is 0.625. The van der Waals surface area contributed by atoms with Crippen LogP contribution in [-0.4, -0.2) is 13.2 Å². The minimum Gasteiger partial charge on any atom is -0.493 e. The molecule has 1 N–H and O–H groups in total. The van der Waals surface area contributed by atoms with Crippen molar-refractivity contribution in [3.8, 4) is 5.75 Å². The van der Waals surface area contributed by atoms with Crippen molar-refractivity contribution < 1.29 is 9.13 Å². The van der Waals surface area contributed by atoms with Gasteiger partial charge in [0.15, 0.2) is 0 Å². The molecule has 2 nitrogen and oxygen atoms in total. The lowest BCUT2D eigenvalue weighted by Gasteiger charge is -2.15. The van der Waals surface area contributed by atoms with Crippen molar-refractivity contribution in [2.75, 3.05) is 13.2 Å². The monoisotopic (exact) mass is 265 g/mol. The number of benzene rings is 1. The lowest BCUT2D eigenvalue weighted by atomic mass is 10.1. The van der Waals surface area contributed by atoms with E-state index in [0.29, 0.717) is 17.9 Å². The molecule has 0 heterocycles. The molecule has 0 amide bonds. The Labute approximate surface area is 115 Å². The quantitative estimate of drug-likeness (QED) is 0.765. The van der Waals surface area contributed by atoms with Gasteiger partial charge in [0.05, 0.1) is 6.61 Å². The van der Waals surface area contributed by atoms with Gasteiger partial charge in [0.2, 0.25) is 0 Å². The SMILES string of the molecule is CCCNC(C)c1ccc(OCCC2CC2)cc1F. The standard InChI is InChI=1S/C16H24FNO/c1-3-9-18-12(2)15-7-6-14(11-16(15)17)19-10-8-13-4-5-13/h6-7,11-13,18H,3-5,8-10H2,1-2H3. The van der Waals surface area contributed by atoms with Gasteiger partial charge in [-0.1, -0.05) is 25.8 Å². The van der Waals surface area contributed by atoms with E-state index in [1.807, 2.05) is 19.1 Å². The van der Waals surface area contributed by atoms with E-state index < -0.39 is 0 Å². The van der Waals surface area contributed by atoms with Crippen molar-refractivity contribution in [1.82, 2.24) is 5.32 Å². The molecule has 1 aromatic rings. The first-order valence-electron chi connectivity index (χ1n) is 7.36. The minimum absolute atomic E-state index is 0.0421. The minimum atomic E-state index is -0.181. The van der Waals surface area contributed by atoms with E-state index in [-0.39, 0.29) is 11.9 Å². The van der Waals surface area contributed by atoms with Crippen molar-refractivity contribution in [3.05, 3.63) is 29.6 Å². The predicted octanol–water partition coefficient (Wildman–Crippen LogP) is 4.07. The topological polar surface area (TPSA) is 21.3 Å². The number of hydrogen-bond donors (Lipinski definition) is 1. The maximum absolute atomic E-state index is 14.0. The van der Waals surface area contributed by atoms with E-state index in [1.54, 1.807) is 0 Å². The van der Waals surface area contributed by atoms with Crippen molar-refractivity contribution in [1.29, 1.82) is 0 Å². The average molecular weight is 265 g/mol. The first-order valence-corrected chi connectivity index (χ1v) is 7.36. The highest BCUT2D eigenvalue weighted by atomic mass is 19.1. The van der Waals surface area contributed by atoms with Crippen LogP contribution < -0.4 is 10.1 Å². The number of halogens is 1. The summed E-state index contributed by atoms with van der Waals surface area (Å²) >= 11 is 0. The van der Waals surface area contributed by atoms with Crippen LogP contribution in [-0.2, 0) is 0 Å². The molecule has 19 heavy (non-hydrogen) atoms. The molecule has 1 unspecified atom stereocenters. The second kappa shape index (κ2) is 6.90. The van der Waals surface area contributed by atoms with E-state index in [2.05, 4.69) is 12.2 Å².